The molecule has 130 valence electrons. The van der Waals surface area contributed by atoms with E-state index in [1.807, 2.05) is 13.0 Å². The van der Waals surface area contributed by atoms with Crippen LogP contribution in [0.1, 0.15) is 18.4 Å². The molecular weight excluding hydrogens is 329 g/mol. The fourth-order valence-electron chi connectivity index (χ4n) is 4.00. The first-order valence-electron chi connectivity index (χ1n) is 8.43. The van der Waals surface area contributed by atoms with E-state index in [9.17, 15) is 20.2 Å². The van der Waals surface area contributed by atoms with Gasteiger partial charge in [-0.3, -0.25) is 4.90 Å². The molecule has 0 saturated heterocycles. The summed E-state index contributed by atoms with van der Waals surface area (Å²) in [6.45, 7) is 4.07. The van der Waals surface area contributed by atoms with Crippen LogP contribution < -0.4 is 5.73 Å². The average molecular weight is 347 g/mol. The number of hydrogen-bond acceptors (Lipinski definition) is 5. The van der Waals surface area contributed by atoms with E-state index in [1.54, 1.807) is 12.1 Å². The van der Waals surface area contributed by atoms with Gasteiger partial charge in [0.1, 0.15) is 5.82 Å². The lowest BCUT2D eigenvalue weighted by Gasteiger charge is -2.44. The number of benzene rings is 1. The third kappa shape index (κ3) is 2.46. The third-order valence-corrected chi connectivity index (χ3v) is 5.40. The minimum atomic E-state index is -1.62. The van der Waals surface area contributed by atoms with Gasteiger partial charge >= 0.3 is 0 Å². The van der Waals surface area contributed by atoms with Gasteiger partial charge in [0.2, 0.25) is 5.41 Å². The maximum atomic E-state index is 13.4. The van der Waals surface area contributed by atoms with E-state index in [0.29, 0.717) is 18.7 Å². The molecule has 2 aliphatic rings. The summed E-state index contributed by atoms with van der Waals surface area (Å²) in [5.74, 6) is -1.01. The number of nitriles is 3. The Morgan fingerprint density at radius 1 is 1.23 bits per heavy atom. The lowest BCUT2D eigenvalue weighted by Crippen LogP contribution is -2.47. The van der Waals surface area contributed by atoms with Crippen molar-refractivity contribution in [3.05, 3.63) is 58.6 Å². The van der Waals surface area contributed by atoms with Gasteiger partial charge in [-0.05, 0) is 29.8 Å². The van der Waals surface area contributed by atoms with Crippen molar-refractivity contribution in [2.75, 3.05) is 19.6 Å². The van der Waals surface area contributed by atoms with Gasteiger partial charge < -0.3 is 5.73 Å². The fraction of sp³-hybridized carbons (Fsp3) is 0.350. The monoisotopic (exact) mass is 347 g/mol. The Hall–Kier alpha value is -3.14. The van der Waals surface area contributed by atoms with Crippen LogP contribution in [-0.2, 0) is 0 Å². The lowest BCUT2D eigenvalue weighted by atomic mass is 9.60. The molecule has 0 spiro atoms. The Morgan fingerprint density at radius 3 is 2.42 bits per heavy atom. The molecule has 0 amide bonds. The van der Waals surface area contributed by atoms with Gasteiger partial charge in [-0.15, -0.1) is 0 Å². The van der Waals surface area contributed by atoms with Gasteiger partial charge in [0.05, 0.1) is 29.5 Å². The van der Waals surface area contributed by atoms with Crippen LogP contribution in [0.5, 0.6) is 0 Å². The SMILES string of the molecule is CCN1CC=C2C(C1)C(c1ccc(F)cc1)C(C#N)=C(N)C2(C#N)C#N. The van der Waals surface area contributed by atoms with E-state index in [4.69, 9.17) is 5.73 Å². The molecule has 2 atom stereocenters. The van der Waals surface area contributed by atoms with Gasteiger partial charge in [0.15, 0.2) is 0 Å². The molecule has 2 unspecified atom stereocenters. The van der Waals surface area contributed by atoms with Crippen LogP contribution in [0.4, 0.5) is 4.39 Å². The molecule has 2 N–H and O–H groups in total. The predicted octanol–water partition coefficient (Wildman–Crippen LogP) is 2.57. The van der Waals surface area contributed by atoms with E-state index < -0.39 is 11.3 Å². The highest BCUT2D eigenvalue weighted by molar-refractivity contribution is 5.58. The first kappa shape index (κ1) is 17.7. The molecule has 0 radical (unpaired) electrons. The molecule has 1 aliphatic carbocycles. The van der Waals surface area contributed by atoms with E-state index in [2.05, 4.69) is 23.1 Å². The molecule has 1 aromatic rings. The largest absolute Gasteiger partial charge is 0.399 e. The number of allylic oxidation sites excluding steroid dienone is 2. The number of rotatable bonds is 2. The Morgan fingerprint density at radius 2 is 1.88 bits per heavy atom. The first-order chi connectivity index (χ1) is 12.5. The summed E-state index contributed by atoms with van der Waals surface area (Å²) < 4.78 is 13.4. The Kier molecular flexibility index (Phi) is 4.51. The quantitative estimate of drug-likeness (QED) is 0.829. The Balaban J connectivity index is 2.28. The summed E-state index contributed by atoms with van der Waals surface area (Å²) in [6.07, 6.45) is 1.89. The summed E-state index contributed by atoms with van der Waals surface area (Å²) in [7, 11) is 0. The highest BCUT2D eigenvalue weighted by Crippen LogP contribution is 2.52. The minimum absolute atomic E-state index is 0.00762. The number of hydrogen-bond donors (Lipinski definition) is 1. The van der Waals surface area contributed by atoms with Gasteiger partial charge in [-0.1, -0.05) is 25.1 Å². The smallest absolute Gasteiger partial charge is 0.204 e. The summed E-state index contributed by atoms with van der Waals surface area (Å²) >= 11 is 0. The number of nitrogens with two attached hydrogens (primary N) is 1. The molecule has 1 aromatic carbocycles. The van der Waals surface area contributed by atoms with Crippen molar-refractivity contribution in [3.8, 4) is 18.2 Å². The van der Waals surface area contributed by atoms with Crippen LogP contribution in [0, 0.1) is 51.1 Å². The lowest BCUT2D eigenvalue weighted by molar-refractivity contribution is 0.234. The average Bonchev–Trinajstić information content (AvgIpc) is 2.68. The highest BCUT2D eigenvalue weighted by Gasteiger charge is 2.52. The van der Waals surface area contributed by atoms with Crippen LogP contribution in [0.2, 0.25) is 0 Å². The zero-order valence-electron chi connectivity index (χ0n) is 14.4. The summed E-state index contributed by atoms with van der Waals surface area (Å²) in [5, 5.41) is 29.3. The molecule has 0 fully saturated rings. The van der Waals surface area contributed by atoms with Crippen molar-refractivity contribution in [2.45, 2.75) is 12.8 Å². The van der Waals surface area contributed by atoms with Crippen LogP contribution in [-0.4, -0.2) is 24.5 Å². The molecule has 6 heteroatoms. The maximum absolute atomic E-state index is 13.4. The van der Waals surface area contributed by atoms with E-state index in [0.717, 1.165) is 12.1 Å². The molecule has 1 aliphatic heterocycles. The normalized spacial score (nSPS) is 24.7. The number of halogens is 1. The van der Waals surface area contributed by atoms with Crippen LogP contribution in [0.3, 0.4) is 0 Å². The third-order valence-electron chi connectivity index (χ3n) is 5.40. The topological polar surface area (TPSA) is 101 Å². The van der Waals surface area contributed by atoms with E-state index in [1.165, 1.54) is 12.1 Å². The maximum Gasteiger partial charge on any atom is 0.204 e. The predicted molar refractivity (Wildman–Crippen MR) is 93.3 cm³/mol. The number of fused-ring (bicyclic) bond motifs is 1. The summed E-state index contributed by atoms with van der Waals surface area (Å²) in [6, 6.07) is 12.2. The van der Waals surface area contributed by atoms with Crippen molar-refractivity contribution in [2.24, 2.45) is 17.1 Å². The van der Waals surface area contributed by atoms with E-state index >= 15 is 0 Å². The first-order valence-corrected chi connectivity index (χ1v) is 8.43. The molecule has 1 heterocycles. The molecule has 26 heavy (non-hydrogen) atoms. The Bertz CT molecular complexity index is 893. The molecule has 0 bridgehead atoms. The molecule has 0 saturated carbocycles. The summed E-state index contributed by atoms with van der Waals surface area (Å²) in [5.41, 5.74) is 6.21. The standard InChI is InChI=1S/C20H18FN5/c1-2-26-8-7-17-16(10-26)18(13-3-5-14(21)6-4-13)15(9-22)19(25)20(17,11-23)12-24/h3-7,16,18H,2,8,10,25H2,1H3. The second kappa shape index (κ2) is 6.64. The van der Waals surface area contributed by atoms with Gasteiger partial charge in [0.25, 0.3) is 0 Å². The highest BCUT2D eigenvalue weighted by atomic mass is 19.1. The number of likely N-dealkylation sites (N-methyl/N-ethyl adjacent to an activating group) is 1. The zero-order chi connectivity index (χ0) is 18.9. The van der Waals surface area contributed by atoms with Crippen molar-refractivity contribution in [1.82, 2.24) is 4.90 Å². The Labute approximate surface area is 152 Å². The molecule has 3 rings (SSSR count). The molecular formula is C20H18FN5. The van der Waals surface area contributed by atoms with Gasteiger partial charge in [0, 0.05) is 24.9 Å². The second-order valence-corrected chi connectivity index (χ2v) is 6.56. The molecule has 5 nitrogen and oxygen atoms in total. The van der Waals surface area contributed by atoms with Crippen LogP contribution >= 0.6 is 0 Å². The van der Waals surface area contributed by atoms with Gasteiger partial charge in [-0.2, -0.15) is 15.8 Å². The minimum Gasteiger partial charge on any atom is -0.399 e. The summed E-state index contributed by atoms with van der Waals surface area (Å²) in [4.78, 5) is 2.18. The zero-order valence-corrected chi connectivity index (χ0v) is 14.4. The van der Waals surface area contributed by atoms with Crippen molar-refractivity contribution >= 4 is 0 Å². The van der Waals surface area contributed by atoms with E-state index in [-0.39, 0.29) is 23.0 Å². The fourth-order valence-corrected chi connectivity index (χ4v) is 4.00. The molecule has 0 aromatic heterocycles. The van der Waals surface area contributed by atoms with Crippen molar-refractivity contribution in [3.63, 3.8) is 0 Å². The van der Waals surface area contributed by atoms with Crippen LogP contribution in [0.15, 0.2) is 47.2 Å². The van der Waals surface area contributed by atoms with Crippen LogP contribution in [0.25, 0.3) is 0 Å². The van der Waals surface area contributed by atoms with Gasteiger partial charge in [-0.25, -0.2) is 4.39 Å². The second-order valence-electron chi connectivity index (χ2n) is 6.56. The number of nitrogens with zero attached hydrogens (tertiary/aromatic N) is 4. The van der Waals surface area contributed by atoms with Crippen molar-refractivity contribution in [1.29, 1.82) is 15.8 Å². The van der Waals surface area contributed by atoms with Crippen molar-refractivity contribution < 1.29 is 4.39 Å².